The van der Waals surface area contributed by atoms with Gasteiger partial charge in [0.05, 0.1) is 18.4 Å². The Morgan fingerprint density at radius 1 is 0.839 bits per heavy atom. The molecule has 0 amide bonds. The average Bonchev–Trinajstić information content (AvgIpc) is 3.38. The van der Waals surface area contributed by atoms with E-state index in [2.05, 4.69) is 11.2 Å². The van der Waals surface area contributed by atoms with E-state index in [0.717, 1.165) is 5.56 Å². The van der Waals surface area contributed by atoms with Crippen LogP contribution >= 0.6 is 7.29 Å². The van der Waals surface area contributed by atoms with Crippen LogP contribution in [0, 0.1) is 11.3 Å². The molecule has 3 aromatic carbocycles. The summed E-state index contributed by atoms with van der Waals surface area (Å²) in [5.41, 5.74) is -0.211. The summed E-state index contributed by atoms with van der Waals surface area (Å²) in [5.74, 6) is 0.556. The Kier molecular flexibility index (Phi) is 5.91. The van der Waals surface area contributed by atoms with Crippen LogP contribution in [0.2, 0.25) is 0 Å². The van der Waals surface area contributed by atoms with E-state index in [9.17, 15) is 9.83 Å². The highest BCUT2D eigenvalue weighted by molar-refractivity contribution is 7.76. The maximum atomic E-state index is 14.7. The minimum atomic E-state index is -3.31. The van der Waals surface area contributed by atoms with Crippen molar-refractivity contribution in [2.75, 3.05) is 0 Å². The first-order valence-electron chi connectivity index (χ1n) is 10.1. The quantitative estimate of drug-likeness (QED) is 0.406. The molecule has 0 radical (unpaired) electrons. The van der Waals surface area contributed by atoms with Gasteiger partial charge in [-0.15, -0.1) is 0 Å². The van der Waals surface area contributed by atoms with Crippen LogP contribution in [0.3, 0.4) is 0 Å². The number of hydrogen-bond acceptors (Lipinski definition) is 3. The van der Waals surface area contributed by atoms with E-state index in [1.54, 1.807) is 12.3 Å². The topological polar surface area (TPSA) is 66.0 Å². The van der Waals surface area contributed by atoms with Crippen molar-refractivity contribution < 1.29 is 8.98 Å². The van der Waals surface area contributed by atoms with Crippen LogP contribution in [0.5, 0.6) is 0 Å². The minimum absolute atomic E-state index is 0.556. The van der Waals surface area contributed by atoms with Gasteiger partial charge in [0, 0.05) is 10.6 Å². The van der Waals surface area contributed by atoms with E-state index in [-0.39, 0.29) is 0 Å². The predicted molar refractivity (Wildman–Crippen MR) is 124 cm³/mol. The lowest BCUT2D eigenvalue weighted by Crippen LogP contribution is -2.41. The van der Waals surface area contributed by atoms with Gasteiger partial charge in [0.1, 0.15) is 11.2 Å². The second kappa shape index (κ2) is 8.78. The van der Waals surface area contributed by atoms with Gasteiger partial charge >= 0.3 is 0 Å². The molecule has 5 heteroatoms. The third-order valence-electron chi connectivity index (χ3n) is 5.56. The smallest absolute Gasteiger partial charge is 0.205 e. The zero-order chi connectivity index (χ0) is 21.7. The second-order valence-corrected chi connectivity index (χ2v) is 10.0. The fourth-order valence-corrected chi connectivity index (χ4v) is 6.30. The van der Waals surface area contributed by atoms with E-state index in [4.69, 9.17) is 4.42 Å². The normalized spacial score (nSPS) is 14.3. The van der Waals surface area contributed by atoms with Crippen molar-refractivity contribution in [1.29, 1.82) is 5.26 Å². The lowest BCUT2D eigenvalue weighted by Gasteiger charge is -2.35. The van der Waals surface area contributed by atoms with Crippen molar-refractivity contribution >= 4 is 17.9 Å². The molecule has 0 saturated heterocycles. The van der Waals surface area contributed by atoms with Gasteiger partial charge in [-0.1, -0.05) is 66.7 Å². The lowest BCUT2D eigenvalue weighted by molar-refractivity contribution is 0.366. The third-order valence-corrected chi connectivity index (χ3v) is 8.23. The van der Waals surface area contributed by atoms with Gasteiger partial charge in [-0.25, -0.2) is 5.09 Å². The predicted octanol–water partition coefficient (Wildman–Crippen LogP) is 5.32. The molecule has 0 fully saturated rings. The van der Waals surface area contributed by atoms with Crippen molar-refractivity contribution in [3.63, 3.8) is 0 Å². The van der Waals surface area contributed by atoms with E-state index in [1.807, 2.05) is 104 Å². The molecule has 4 nitrogen and oxygen atoms in total. The molecule has 0 aliphatic heterocycles. The van der Waals surface area contributed by atoms with Gasteiger partial charge in [-0.05, 0) is 48.9 Å². The monoisotopic (exact) mass is 426 g/mol. The molecule has 1 aromatic heterocycles. The summed E-state index contributed by atoms with van der Waals surface area (Å²) in [6.07, 6.45) is 1.57. The number of nitriles is 1. The molecular formula is C26H23N2O2P. The van der Waals surface area contributed by atoms with Crippen LogP contribution in [0.4, 0.5) is 0 Å². The van der Waals surface area contributed by atoms with Gasteiger partial charge < -0.3 is 4.42 Å². The van der Waals surface area contributed by atoms with Crippen LogP contribution in [-0.4, -0.2) is 0 Å². The standard InChI is InChI=1S/C26H23N2O2P/c1-26(20-27,21-12-5-2-6-13-21)25(24-18-11-19-30-24)28-31(29,22-14-7-3-8-15-22)23-16-9-4-10-17-23/h2-19,25H,1H3,(H,28,29)/t25-,26-/m1/s1. The maximum Gasteiger partial charge on any atom is 0.205 e. The van der Waals surface area contributed by atoms with Crippen LogP contribution in [-0.2, 0) is 9.98 Å². The Hall–Kier alpha value is -3.38. The molecule has 4 aromatic rings. The first-order chi connectivity index (χ1) is 15.1. The highest BCUT2D eigenvalue weighted by Gasteiger charge is 2.43. The average molecular weight is 426 g/mol. The molecule has 154 valence electrons. The molecule has 0 spiro atoms. The van der Waals surface area contributed by atoms with Crippen molar-refractivity contribution in [2.45, 2.75) is 18.4 Å². The Morgan fingerprint density at radius 3 is 1.81 bits per heavy atom. The molecule has 0 aliphatic rings. The summed E-state index contributed by atoms with van der Waals surface area (Å²) >= 11 is 0. The molecular weight excluding hydrogens is 403 g/mol. The van der Waals surface area contributed by atoms with Gasteiger partial charge in [-0.3, -0.25) is 4.57 Å². The second-order valence-electron chi connectivity index (χ2n) is 7.54. The molecule has 31 heavy (non-hydrogen) atoms. The fourth-order valence-electron chi connectivity index (χ4n) is 3.77. The van der Waals surface area contributed by atoms with Crippen LogP contribution in [0.25, 0.3) is 0 Å². The van der Waals surface area contributed by atoms with E-state index < -0.39 is 18.7 Å². The lowest BCUT2D eigenvalue weighted by atomic mass is 9.76. The summed E-state index contributed by atoms with van der Waals surface area (Å²) in [6, 6.07) is 33.6. The number of hydrogen-bond donors (Lipinski definition) is 1. The molecule has 0 saturated carbocycles. The number of rotatable bonds is 7. The molecule has 1 N–H and O–H groups in total. The Labute approximate surface area is 182 Å². The fraction of sp³-hybridized carbons (Fsp3) is 0.115. The van der Waals surface area contributed by atoms with Gasteiger partial charge in [0.25, 0.3) is 0 Å². The van der Waals surface area contributed by atoms with Crippen molar-refractivity contribution in [3.05, 3.63) is 121 Å². The summed E-state index contributed by atoms with van der Waals surface area (Å²) < 4.78 is 20.4. The van der Waals surface area contributed by atoms with E-state index in [1.165, 1.54) is 0 Å². The summed E-state index contributed by atoms with van der Waals surface area (Å²) in [7, 11) is -3.31. The molecule has 2 atom stereocenters. The SMILES string of the molecule is C[C@@](C#N)(c1ccccc1)[C@H](NP(=O)(c1ccccc1)c1ccccc1)c1ccco1. The van der Waals surface area contributed by atoms with E-state index >= 15 is 0 Å². The maximum absolute atomic E-state index is 14.7. The van der Waals surface area contributed by atoms with E-state index in [0.29, 0.717) is 16.4 Å². The third kappa shape index (κ3) is 3.99. The van der Waals surface area contributed by atoms with Gasteiger partial charge in [0.15, 0.2) is 0 Å². The summed E-state index contributed by atoms with van der Waals surface area (Å²) in [4.78, 5) is 0. The molecule has 0 aliphatic carbocycles. The minimum Gasteiger partial charge on any atom is -0.468 e. The van der Waals surface area contributed by atoms with Gasteiger partial charge in [0.2, 0.25) is 7.29 Å². The number of benzene rings is 3. The zero-order valence-corrected chi connectivity index (χ0v) is 18.1. The van der Waals surface area contributed by atoms with Crippen molar-refractivity contribution in [1.82, 2.24) is 5.09 Å². The highest BCUT2D eigenvalue weighted by atomic mass is 31.2. The Balaban J connectivity index is 1.90. The summed E-state index contributed by atoms with van der Waals surface area (Å²) in [6.45, 7) is 1.85. The number of furan rings is 1. The Morgan fingerprint density at radius 2 is 1.35 bits per heavy atom. The van der Waals surface area contributed by atoms with Gasteiger partial charge in [-0.2, -0.15) is 5.26 Å². The van der Waals surface area contributed by atoms with Crippen molar-refractivity contribution in [2.24, 2.45) is 0 Å². The van der Waals surface area contributed by atoms with Crippen LogP contribution in [0.15, 0.2) is 114 Å². The number of nitrogens with one attached hydrogen (secondary N) is 1. The van der Waals surface area contributed by atoms with Crippen LogP contribution < -0.4 is 15.7 Å². The number of nitrogens with zero attached hydrogens (tertiary/aromatic N) is 1. The first-order valence-corrected chi connectivity index (χ1v) is 11.8. The molecule has 1 heterocycles. The zero-order valence-electron chi connectivity index (χ0n) is 17.2. The highest BCUT2D eigenvalue weighted by Crippen LogP contribution is 2.47. The molecule has 0 unspecified atom stereocenters. The Bertz CT molecular complexity index is 1160. The van der Waals surface area contributed by atoms with Crippen molar-refractivity contribution in [3.8, 4) is 6.07 Å². The first kappa shape index (κ1) is 20.9. The summed E-state index contributed by atoms with van der Waals surface area (Å²) in [5, 5.41) is 15.1. The molecule has 0 bridgehead atoms. The largest absolute Gasteiger partial charge is 0.468 e. The van der Waals surface area contributed by atoms with Crippen LogP contribution in [0.1, 0.15) is 24.3 Å². The molecule has 4 rings (SSSR count).